The second kappa shape index (κ2) is 5.83. The predicted molar refractivity (Wildman–Crippen MR) is 66.5 cm³/mol. The van der Waals surface area contributed by atoms with Crippen molar-refractivity contribution in [1.82, 2.24) is 5.32 Å². The largest absolute Gasteiger partial charge is 0.378 e. The molecule has 4 unspecified atom stereocenters. The van der Waals surface area contributed by atoms with Crippen LogP contribution in [0, 0.1) is 11.8 Å². The van der Waals surface area contributed by atoms with E-state index in [0.717, 1.165) is 45.3 Å². The Hall–Kier alpha value is -0.610. The van der Waals surface area contributed by atoms with E-state index in [4.69, 9.17) is 10.5 Å². The van der Waals surface area contributed by atoms with Gasteiger partial charge in [-0.15, -0.1) is 0 Å². The fraction of sp³-hybridized carbons (Fsp3) is 0.923. The summed E-state index contributed by atoms with van der Waals surface area (Å²) in [5.74, 6) is 0.677. The highest BCUT2D eigenvalue weighted by atomic mass is 16.5. The number of carbonyl (C=O) groups is 1. The standard InChI is InChI=1S/C13H24N2O2/c1-2-12-9(6-7-17-12)8-15-13(16)10-4-3-5-11(10)14/h9-12H,2-8,14H2,1H3,(H,15,16). The average molecular weight is 240 g/mol. The Morgan fingerprint density at radius 2 is 2.24 bits per heavy atom. The molecule has 0 aromatic rings. The second-order valence-electron chi connectivity index (χ2n) is 5.31. The first-order valence-corrected chi connectivity index (χ1v) is 6.87. The maximum Gasteiger partial charge on any atom is 0.224 e. The molecular formula is C13H24N2O2. The highest BCUT2D eigenvalue weighted by Gasteiger charge is 2.32. The zero-order valence-corrected chi connectivity index (χ0v) is 10.7. The van der Waals surface area contributed by atoms with Crippen molar-refractivity contribution >= 4 is 5.91 Å². The fourth-order valence-corrected chi connectivity index (χ4v) is 3.05. The predicted octanol–water partition coefficient (Wildman–Crippen LogP) is 1.05. The van der Waals surface area contributed by atoms with Gasteiger partial charge in [0.2, 0.25) is 5.91 Å². The first-order chi connectivity index (χ1) is 8.22. The molecule has 4 heteroatoms. The molecule has 1 amide bonds. The maximum atomic E-state index is 12.0. The van der Waals surface area contributed by atoms with Gasteiger partial charge in [0, 0.05) is 25.1 Å². The van der Waals surface area contributed by atoms with Crippen molar-refractivity contribution in [3.8, 4) is 0 Å². The van der Waals surface area contributed by atoms with E-state index >= 15 is 0 Å². The quantitative estimate of drug-likeness (QED) is 0.772. The number of carbonyl (C=O) groups excluding carboxylic acids is 1. The molecule has 3 N–H and O–H groups in total. The highest BCUT2D eigenvalue weighted by molar-refractivity contribution is 5.79. The van der Waals surface area contributed by atoms with Crippen LogP contribution < -0.4 is 11.1 Å². The fourth-order valence-electron chi connectivity index (χ4n) is 3.05. The SMILES string of the molecule is CCC1OCCC1CNC(=O)C1CCCC1N. The summed E-state index contributed by atoms with van der Waals surface area (Å²) >= 11 is 0. The van der Waals surface area contributed by atoms with Crippen LogP contribution in [-0.4, -0.2) is 31.2 Å². The first kappa shape index (κ1) is 12.8. The van der Waals surface area contributed by atoms with Crippen LogP contribution >= 0.6 is 0 Å². The van der Waals surface area contributed by atoms with Crippen LogP contribution in [0.15, 0.2) is 0 Å². The normalized spacial score (nSPS) is 37.3. The van der Waals surface area contributed by atoms with Crippen molar-refractivity contribution in [2.45, 2.75) is 51.2 Å². The van der Waals surface area contributed by atoms with E-state index in [-0.39, 0.29) is 17.9 Å². The smallest absolute Gasteiger partial charge is 0.224 e. The van der Waals surface area contributed by atoms with E-state index in [2.05, 4.69) is 12.2 Å². The first-order valence-electron chi connectivity index (χ1n) is 6.87. The molecule has 2 rings (SSSR count). The van der Waals surface area contributed by atoms with Crippen molar-refractivity contribution < 1.29 is 9.53 Å². The molecule has 0 aromatic carbocycles. The van der Waals surface area contributed by atoms with Gasteiger partial charge in [0.1, 0.15) is 0 Å². The van der Waals surface area contributed by atoms with Crippen molar-refractivity contribution in [2.24, 2.45) is 17.6 Å². The third-order valence-corrected chi connectivity index (χ3v) is 4.19. The number of rotatable bonds is 4. The molecule has 1 heterocycles. The third kappa shape index (κ3) is 2.99. The van der Waals surface area contributed by atoms with Gasteiger partial charge in [0.25, 0.3) is 0 Å². The van der Waals surface area contributed by atoms with Gasteiger partial charge in [-0.1, -0.05) is 13.3 Å². The average Bonchev–Trinajstić information content (AvgIpc) is 2.94. The lowest BCUT2D eigenvalue weighted by atomic mass is 9.98. The van der Waals surface area contributed by atoms with Crippen molar-refractivity contribution in [1.29, 1.82) is 0 Å². The molecule has 1 aliphatic carbocycles. The van der Waals surface area contributed by atoms with Crippen LogP contribution in [0.4, 0.5) is 0 Å². The van der Waals surface area contributed by atoms with Gasteiger partial charge in [-0.2, -0.15) is 0 Å². The molecule has 0 bridgehead atoms. The van der Waals surface area contributed by atoms with Gasteiger partial charge in [-0.05, 0) is 25.7 Å². The van der Waals surface area contributed by atoms with E-state index in [0.29, 0.717) is 12.0 Å². The Kier molecular flexibility index (Phi) is 4.40. The number of hydrogen-bond donors (Lipinski definition) is 2. The van der Waals surface area contributed by atoms with Crippen LogP contribution in [0.2, 0.25) is 0 Å². The Labute approximate surface area is 103 Å². The molecule has 4 atom stereocenters. The van der Waals surface area contributed by atoms with Gasteiger partial charge in [-0.25, -0.2) is 0 Å². The van der Waals surface area contributed by atoms with Gasteiger partial charge in [0.05, 0.1) is 12.0 Å². The highest BCUT2D eigenvalue weighted by Crippen LogP contribution is 2.25. The maximum absolute atomic E-state index is 12.0. The topological polar surface area (TPSA) is 64.3 Å². The molecule has 17 heavy (non-hydrogen) atoms. The van der Waals surface area contributed by atoms with Crippen LogP contribution in [0.25, 0.3) is 0 Å². The van der Waals surface area contributed by atoms with Crippen molar-refractivity contribution in [2.75, 3.05) is 13.2 Å². The minimum atomic E-state index is 0.0393. The summed E-state index contributed by atoms with van der Waals surface area (Å²) in [5.41, 5.74) is 5.93. The van der Waals surface area contributed by atoms with Gasteiger partial charge >= 0.3 is 0 Å². The molecule has 0 aromatic heterocycles. The second-order valence-corrected chi connectivity index (χ2v) is 5.31. The molecule has 2 fully saturated rings. The van der Waals surface area contributed by atoms with Crippen LogP contribution in [0.5, 0.6) is 0 Å². The molecular weight excluding hydrogens is 216 g/mol. The van der Waals surface area contributed by atoms with E-state index in [9.17, 15) is 4.79 Å². The Balaban J connectivity index is 1.76. The zero-order chi connectivity index (χ0) is 12.3. The van der Waals surface area contributed by atoms with Crippen molar-refractivity contribution in [3.63, 3.8) is 0 Å². The Morgan fingerprint density at radius 1 is 1.41 bits per heavy atom. The molecule has 1 aliphatic heterocycles. The van der Waals surface area contributed by atoms with E-state index in [1.54, 1.807) is 0 Å². The third-order valence-electron chi connectivity index (χ3n) is 4.19. The molecule has 2 aliphatic rings. The lowest BCUT2D eigenvalue weighted by Gasteiger charge is -2.20. The summed E-state index contributed by atoms with van der Waals surface area (Å²) in [5, 5.41) is 3.06. The summed E-state index contributed by atoms with van der Waals surface area (Å²) in [7, 11) is 0. The molecule has 0 radical (unpaired) electrons. The van der Waals surface area contributed by atoms with Crippen molar-refractivity contribution in [3.05, 3.63) is 0 Å². The number of ether oxygens (including phenoxy) is 1. The minimum absolute atomic E-state index is 0.0393. The molecule has 0 spiro atoms. The summed E-state index contributed by atoms with van der Waals surface area (Å²) in [4.78, 5) is 12.0. The van der Waals surface area contributed by atoms with Crippen LogP contribution in [0.3, 0.4) is 0 Å². The van der Waals surface area contributed by atoms with Gasteiger partial charge < -0.3 is 15.8 Å². The van der Waals surface area contributed by atoms with Gasteiger partial charge in [0.15, 0.2) is 0 Å². The summed E-state index contributed by atoms with van der Waals surface area (Å²) in [6, 6.07) is 0.0665. The Bertz CT molecular complexity index is 270. The minimum Gasteiger partial charge on any atom is -0.378 e. The van der Waals surface area contributed by atoms with E-state index < -0.39 is 0 Å². The summed E-state index contributed by atoms with van der Waals surface area (Å²) in [6.07, 6.45) is 5.45. The monoisotopic (exact) mass is 240 g/mol. The number of amides is 1. The summed E-state index contributed by atoms with van der Waals surface area (Å²) in [6.45, 7) is 3.72. The number of hydrogen-bond acceptors (Lipinski definition) is 3. The van der Waals surface area contributed by atoms with Gasteiger partial charge in [-0.3, -0.25) is 4.79 Å². The van der Waals surface area contributed by atoms with Crippen LogP contribution in [0.1, 0.15) is 39.0 Å². The molecule has 1 saturated heterocycles. The number of nitrogens with two attached hydrogens (primary N) is 1. The lowest BCUT2D eigenvalue weighted by Crippen LogP contribution is -2.41. The summed E-state index contributed by atoms with van der Waals surface area (Å²) < 4.78 is 5.62. The van der Waals surface area contributed by atoms with E-state index in [1.165, 1.54) is 0 Å². The van der Waals surface area contributed by atoms with Crippen LogP contribution in [-0.2, 0) is 9.53 Å². The lowest BCUT2D eigenvalue weighted by molar-refractivity contribution is -0.125. The zero-order valence-electron chi connectivity index (χ0n) is 10.7. The molecule has 98 valence electrons. The molecule has 4 nitrogen and oxygen atoms in total. The van der Waals surface area contributed by atoms with E-state index in [1.807, 2.05) is 0 Å². The number of nitrogens with one attached hydrogen (secondary N) is 1. The molecule has 1 saturated carbocycles. The Morgan fingerprint density at radius 3 is 2.88 bits per heavy atom.